The average molecular weight is 1180 g/mol. The lowest BCUT2D eigenvalue weighted by Crippen LogP contribution is -2.15. The van der Waals surface area contributed by atoms with Crippen LogP contribution in [0.5, 0.6) is 0 Å². The van der Waals surface area contributed by atoms with Crippen molar-refractivity contribution in [1.82, 2.24) is 0 Å². The van der Waals surface area contributed by atoms with Crippen LogP contribution in [0.25, 0.3) is 154 Å². The quantitative estimate of drug-likeness (QED) is 0.146. The second-order valence-electron chi connectivity index (χ2n) is 29.5. The van der Waals surface area contributed by atoms with E-state index in [1.165, 1.54) is 187 Å². The zero-order valence-electron chi connectivity index (χ0n) is 54.4. The van der Waals surface area contributed by atoms with Gasteiger partial charge >= 0.3 is 0 Å². The first kappa shape index (κ1) is 55.9. The van der Waals surface area contributed by atoms with Crippen molar-refractivity contribution >= 4 is 64.6 Å². The topological polar surface area (TPSA) is 0 Å². The summed E-state index contributed by atoms with van der Waals surface area (Å²) in [5, 5.41) is 15.2. The molecule has 0 fully saturated rings. The van der Waals surface area contributed by atoms with Gasteiger partial charge in [0.1, 0.15) is 0 Å². The Morgan fingerprint density at radius 1 is 0.196 bits per heavy atom. The second kappa shape index (κ2) is 20.2. The third-order valence-corrected chi connectivity index (χ3v) is 21.4. The van der Waals surface area contributed by atoms with Gasteiger partial charge in [0.15, 0.2) is 0 Å². The highest BCUT2D eigenvalue weighted by Crippen LogP contribution is 2.56. The Kier molecular flexibility index (Phi) is 12.3. The van der Waals surface area contributed by atoms with E-state index < -0.39 is 0 Å². The van der Waals surface area contributed by atoms with Gasteiger partial charge in [0.05, 0.1) is 0 Å². The van der Waals surface area contributed by atoms with Gasteiger partial charge in [0.25, 0.3) is 0 Å². The molecule has 0 radical (unpaired) electrons. The summed E-state index contributed by atoms with van der Waals surface area (Å²) in [7, 11) is 0. The van der Waals surface area contributed by atoms with Crippen LogP contribution in [0, 0.1) is 0 Å². The minimum absolute atomic E-state index is 0.0711. The Morgan fingerprint density at radius 2 is 0.380 bits per heavy atom. The third kappa shape index (κ3) is 8.35. The molecule has 0 amide bonds. The number of hydrogen-bond donors (Lipinski definition) is 0. The van der Waals surface area contributed by atoms with Crippen molar-refractivity contribution < 1.29 is 0 Å². The maximum Gasteiger partial charge on any atom is 0.0159 e. The smallest absolute Gasteiger partial charge is 0.0159 e. The van der Waals surface area contributed by atoms with Crippen molar-refractivity contribution in [3.63, 3.8) is 0 Å². The molecule has 0 aliphatic heterocycles. The number of hydrogen-bond acceptors (Lipinski definition) is 0. The van der Waals surface area contributed by atoms with Crippen molar-refractivity contribution in [3.05, 3.63) is 300 Å². The van der Waals surface area contributed by atoms with Gasteiger partial charge in [-0.2, -0.15) is 0 Å². The van der Waals surface area contributed by atoms with E-state index in [0.29, 0.717) is 0 Å². The van der Waals surface area contributed by atoms with Crippen LogP contribution < -0.4 is 0 Å². The van der Waals surface area contributed by atoms with E-state index in [2.05, 4.69) is 336 Å². The zero-order chi connectivity index (χ0) is 62.7. The van der Waals surface area contributed by atoms with Crippen molar-refractivity contribution in [2.75, 3.05) is 0 Å². The highest BCUT2D eigenvalue weighted by Gasteiger charge is 2.39. The summed E-state index contributed by atoms with van der Waals surface area (Å²) >= 11 is 0. The Bertz CT molecular complexity index is 5440. The van der Waals surface area contributed by atoms with Gasteiger partial charge in [-0.25, -0.2) is 0 Å². The lowest BCUT2D eigenvalue weighted by atomic mass is 9.78. The van der Waals surface area contributed by atoms with E-state index in [4.69, 9.17) is 0 Å². The largest absolute Gasteiger partial charge is 0.0616 e. The number of rotatable bonds is 6. The molecule has 92 heavy (non-hydrogen) atoms. The molecule has 0 heteroatoms. The fourth-order valence-corrected chi connectivity index (χ4v) is 16.6. The normalized spacial score (nSPS) is 13.9. The molecule has 0 spiro atoms. The standard InChI is InChI=1S/C92H74/c1-89(2,3)61-43-35-55(36-44-61)83-67-23-11-13-25-69(67)85(70-26-14-12-24-68(70)83)59-41-49-65-63-47-39-57(51-79(63)91(7,8)81(65)53-59)58-40-48-64-66-50-42-60(54-82(66)92(9,10)80(64)52-58)86-73-29-17-21-33-77(73)88(78-34-22-18-30-74(78)86)87-75-31-19-15-27-71(75)84(72-28-16-20-32-76(72)87)56-37-45-62(46-38-56)90(4,5)6/h11-54H,1-10H3. The van der Waals surface area contributed by atoms with Crippen molar-refractivity contribution in [1.29, 1.82) is 0 Å². The van der Waals surface area contributed by atoms with Crippen LogP contribution in [0.1, 0.15) is 103 Å². The summed E-state index contributed by atoms with van der Waals surface area (Å²) in [6.07, 6.45) is 0. The molecular weight excluding hydrogens is 1110 g/mol. The molecular formula is C92H74. The summed E-state index contributed by atoms with van der Waals surface area (Å²) in [6.45, 7) is 23.5. The van der Waals surface area contributed by atoms with Gasteiger partial charge in [-0.3, -0.25) is 0 Å². The molecule has 2 aliphatic carbocycles. The van der Waals surface area contributed by atoms with Gasteiger partial charge in [0, 0.05) is 10.8 Å². The van der Waals surface area contributed by atoms with Crippen LogP contribution in [0.4, 0.5) is 0 Å². The molecule has 0 nitrogen and oxygen atoms in total. The van der Waals surface area contributed by atoms with Crippen LogP contribution in [0.3, 0.4) is 0 Å². The minimum atomic E-state index is -0.249. The van der Waals surface area contributed by atoms with E-state index in [9.17, 15) is 0 Å². The van der Waals surface area contributed by atoms with Crippen molar-refractivity contribution in [2.24, 2.45) is 0 Å². The SMILES string of the molecule is CC(C)(C)c1ccc(-c2c3ccccc3c(-c3ccc4c(c3)C(C)(C)c3cc(-c5ccc6c(c5)C(C)(C)c5cc(-c7c8ccccc8c(-c8c9ccccc9c(-c9ccc(C(C)(C)C)cc9)c9ccccc89)c8ccccc78)ccc5-6)ccc3-4)c3ccccc23)cc1. The molecule has 442 valence electrons. The first-order chi connectivity index (χ1) is 44.4. The molecule has 2 aliphatic rings. The summed E-state index contributed by atoms with van der Waals surface area (Å²) < 4.78 is 0. The Morgan fingerprint density at radius 3 is 0.609 bits per heavy atom. The van der Waals surface area contributed by atoms with Crippen LogP contribution >= 0.6 is 0 Å². The molecule has 0 saturated heterocycles. The molecule has 15 aromatic carbocycles. The second-order valence-corrected chi connectivity index (χ2v) is 29.5. The Hall–Kier alpha value is -10.1. The molecule has 0 N–H and O–H groups in total. The van der Waals surface area contributed by atoms with E-state index in [1.54, 1.807) is 0 Å². The first-order valence-corrected chi connectivity index (χ1v) is 33.1. The van der Waals surface area contributed by atoms with Crippen molar-refractivity contribution in [3.8, 4) is 89.0 Å². The number of fused-ring (bicyclic) bond motifs is 12. The molecule has 17 rings (SSSR count). The fraction of sp³-hybridized carbons (Fsp3) is 0.152. The lowest BCUT2D eigenvalue weighted by molar-refractivity contribution is 0.590. The Labute approximate surface area is 541 Å². The fourth-order valence-electron chi connectivity index (χ4n) is 16.6. The predicted octanol–water partition coefficient (Wildman–Crippen LogP) is 25.8. The van der Waals surface area contributed by atoms with E-state index >= 15 is 0 Å². The van der Waals surface area contributed by atoms with Crippen molar-refractivity contribution in [2.45, 2.75) is 90.9 Å². The summed E-state index contributed by atoms with van der Waals surface area (Å²) in [5.41, 5.74) is 28.4. The molecule has 0 heterocycles. The highest BCUT2D eigenvalue weighted by atomic mass is 14.4. The maximum absolute atomic E-state index is 2.53. The van der Waals surface area contributed by atoms with Gasteiger partial charge in [-0.15, -0.1) is 0 Å². The number of benzene rings is 15. The molecule has 0 unspecified atom stereocenters. The molecule has 0 atom stereocenters. The summed E-state index contributed by atoms with van der Waals surface area (Å²) in [5.74, 6) is 0. The monoisotopic (exact) mass is 1180 g/mol. The zero-order valence-corrected chi connectivity index (χ0v) is 54.4. The highest BCUT2D eigenvalue weighted by molar-refractivity contribution is 6.30. The Balaban J connectivity index is 0.736. The van der Waals surface area contributed by atoms with Gasteiger partial charge in [0.2, 0.25) is 0 Å². The van der Waals surface area contributed by atoms with Gasteiger partial charge < -0.3 is 0 Å². The molecule has 0 aromatic heterocycles. The van der Waals surface area contributed by atoms with Gasteiger partial charge in [-0.05, 0) is 222 Å². The van der Waals surface area contributed by atoms with Gasteiger partial charge in [-0.1, -0.05) is 312 Å². The maximum atomic E-state index is 2.53. The summed E-state index contributed by atoms with van der Waals surface area (Å²) in [6, 6.07) is 102. The van der Waals surface area contributed by atoms with E-state index in [-0.39, 0.29) is 21.7 Å². The molecule has 0 bridgehead atoms. The van der Waals surface area contributed by atoms with E-state index in [0.717, 1.165) is 0 Å². The summed E-state index contributed by atoms with van der Waals surface area (Å²) in [4.78, 5) is 0. The van der Waals surface area contributed by atoms with Crippen LogP contribution in [-0.4, -0.2) is 0 Å². The minimum Gasteiger partial charge on any atom is -0.0616 e. The van der Waals surface area contributed by atoms with Crippen LogP contribution in [0.2, 0.25) is 0 Å². The lowest BCUT2D eigenvalue weighted by Gasteiger charge is -2.25. The average Bonchev–Trinajstić information content (AvgIpc) is 0.829. The third-order valence-electron chi connectivity index (χ3n) is 21.4. The van der Waals surface area contributed by atoms with Crippen LogP contribution in [-0.2, 0) is 21.7 Å². The molecule has 0 saturated carbocycles. The molecule has 15 aromatic rings. The first-order valence-electron chi connectivity index (χ1n) is 33.1. The predicted molar refractivity (Wildman–Crippen MR) is 397 cm³/mol. The van der Waals surface area contributed by atoms with E-state index in [1.807, 2.05) is 0 Å². The van der Waals surface area contributed by atoms with Crippen LogP contribution in [0.15, 0.2) is 267 Å².